The average molecular weight is 185 g/mol. The van der Waals surface area contributed by atoms with Crippen LogP contribution in [0.2, 0.25) is 0 Å². The highest BCUT2D eigenvalue weighted by atomic mass is 16.5. The lowest BCUT2D eigenvalue weighted by Gasteiger charge is -2.07. The molecule has 0 saturated heterocycles. The Morgan fingerprint density at radius 2 is 2.08 bits per heavy atom. The summed E-state index contributed by atoms with van der Waals surface area (Å²) >= 11 is 0. The Labute approximate surface area is 82.0 Å². The smallest absolute Gasteiger partial charge is 0.0590 e. The summed E-state index contributed by atoms with van der Waals surface area (Å²) in [5, 5.41) is 3.36. The fourth-order valence-corrected chi connectivity index (χ4v) is 1.29. The van der Waals surface area contributed by atoms with E-state index >= 15 is 0 Å². The van der Waals surface area contributed by atoms with Crippen LogP contribution in [0.25, 0.3) is 0 Å². The van der Waals surface area contributed by atoms with Gasteiger partial charge in [-0.1, -0.05) is 26.7 Å². The SMILES string of the molecule is CC(C)CNCCOCCC1CC1. The second-order valence-electron chi connectivity index (χ2n) is 4.44. The van der Waals surface area contributed by atoms with E-state index in [1.807, 2.05) is 0 Å². The van der Waals surface area contributed by atoms with Crippen molar-refractivity contribution in [2.75, 3.05) is 26.3 Å². The van der Waals surface area contributed by atoms with Crippen molar-refractivity contribution >= 4 is 0 Å². The highest BCUT2D eigenvalue weighted by Crippen LogP contribution is 2.31. The molecule has 0 aliphatic heterocycles. The van der Waals surface area contributed by atoms with Gasteiger partial charge in [-0.3, -0.25) is 0 Å². The molecule has 2 nitrogen and oxygen atoms in total. The molecule has 1 aliphatic carbocycles. The number of nitrogens with one attached hydrogen (secondary N) is 1. The Morgan fingerprint density at radius 1 is 1.31 bits per heavy atom. The molecule has 1 saturated carbocycles. The van der Waals surface area contributed by atoms with Crippen molar-refractivity contribution in [3.63, 3.8) is 0 Å². The molecule has 0 amide bonds. The largest absolute Gasteiger partial charge is 0.380 e. The van der Waals surface area contributed by atoms with Gasteiger partial charge in [-0.15, -0.1) is 0 Å². The van der Waals surface area contributed by atoms with Crippen molar-refractivity contribution in [1.29, 1.82) is 0 Å². The van der Waals surface area contributed by atoms with Gasteiger partial charge in [-0.2, -0.15) is 0 Å². The van der Waals surface area contributed by atoms with Crippen LogP contribution in [0.4, 0.5) is 0 Å². The summed E-state index contributed by atoms with van der Waals surface area (Å²) in [6.45, 7) is 8.39. The van der Waals surface area contributed by atoms with Gasteiger partial charge in [0.2, 0.25) is 0 Å². The number of hydrogen-bond acceptors (Lipinski definition) is 2. The zero-order chi connectivity index (χ0) is 9.52. The van der Waals surface area contributed by atoms with Crippen LogP contribution in [0.1, 0.15) is 33.1 Å². The first-order valence-corrected chi connectivity index (χ1v) is 5.57. The maximum Gasteiger partial charge on any atom is 0.0590 e. The molecule has 0 aromatic carbocycles. The molecule has 0 aromatic rings. The van der Waals surface area contributed by atoms with Crippen molar-refractivity contribution in [2.24, 2.45) is 11.8 Å². The summed E-state index contributed by atoms with van der Waals surface area (Å²) in [5.74, 6) is 1.75. The highest BCUT2D eigenvalue weighted by molar-refractivity contribution is 4.72. The fraction of sp³-hybridized carbons (Fsp3) is 1.00. The first-order valence-electron chi connectivity index (χ1n) is 5.57. The lowest BCUT2D eigenvalue weighted by Crippen LogP contribution is -2.24. The molecule has 1 rings (SSSR count). The Morgan fingerprint density at radius 3 is 2.69 bits per heavy atom. The molecule has 78 valence electrons. The van der Waals surface area contributed by atoms with Crippen LogP contribution in [-0.2, 0) is 4.74 Å². The van der Waals surface area contributed by atoms with E-state index in [1.54, 1.807) is 0 Å². The second kappa shape index (κ2) is 6.39. The van der Waals surface area contributed by atoms with Gasteiger partial charge < -0.3 is 10.1 Å². The molecule has 13 heavy (non-hydrogen) atoms. The minimum absolute atomic E-state index is 0.742. The second-order valence-corrected chi connectivity index (χ2v) is 4.44. The third kappa shape index (κ3) is 7.03. The first-order chi connectivity index (χ1) is 6.29. The molecule has 0 atom stereocenters. The van der Waals surface area contributed by atoms with Crippen LogP contribution in [0.3, 0.4) is 0 Å². The summed E-state index contributed by atoms with van der Waals surface area (Å²) < 4.78 is 5.50. The van der Waals surface area contributed by atoms with Crippen LogP contribution in [-0.4, -0.2) is 26.3 Å². The maximum atomic E-state index is 5.50. The predicted molar refractivity (Wildman–Crippen MR) is 55.9 cm³/mol. The molecule has 0 radical (unpaired) electrons. The van der Waals surface area contributed by atoms with Gasteiger partial charge in [0, 0.05) is 13.2 Å². The quantitative estimate of drug-likeness (QED) is 0.584. The van der Waals surface area contributed by atoms with Crippen molar-refractivity contribution in [3.05, 3.63) is 0 Å². The summed E-state index contributed by atoms with van der Waals surface area (Å²) in [6, 6.07) is 0. The topological polar surface area (TPSA) is 21.3 Å². The maximum absolute atomic E-state index is 5.50. The Hall–Kier alpha value is -0.0800. The Bertz CT molecular complexity index is 115. The minimum Gasteiger partial charge on any atom is -0.380 e. The van der Waals surface area contributed by atoms with Crippen LogP contribution in [0, 0.1) is 11.8 Å². The standard InChI is InChI=1S/C11H23NO/c1-10(2)9-12-6-8-13-7-5-11-3-4-11/h10-12H,3-9H2,1-2H3. The zero-order valence-electron chi connectivity index (χ0n) is 9.01. The van der Waals surface area contributed by atoms with E-state index in [0.717, 1.165) is 38.1 Å². The lowest BCUT2D eigenvalue weighted by atomic mass is 10.2. The predicted octanol–water partition coefficient (Wildman–Crippen LogP) is 2.05. The van der Waals surface area contributed by atoms with Gasteiger partial charge in [0.1, 0.15) is 0 Å². The van der Waals surface area contributed by atoms with Gasteiger partial charge in [-0.25, -0.2) is 0 Å². The first kappa shape index (κ1) is 11.0. The van der Waals surface area contributed by atoms with E-state index < -0.39 is 0 Å². The molecular formula is C11H23NO. The molecule has 0 bridgehead atoms. The lowest BCUT2D eigenvalue weighted by molar-refractivity contribution is 0.129. The normalized spacial score (nSPS) is 16.8. The van der Waals surface area contributed by atoms with Gasteiger partial charge in [-0.05, 0) is 24.8 Å². The summed E-state index contributed by atoms with van der Waals surface area (Å²) in [6.07, 6.45) is 4.16. The fourth-order valence-electron chi connectivity index (χ4n) is 1.29. The summed E-state index contributed by atoms with van der Waals surface area (Å²) in [4.78, 5) is 0. The van der Waals surface area contributed by atoms with E-state index in [9.17, 15) is 0 Å². The van der Waals surface area contributed by atoms with E-state index in [-0.39, 0.29) is 0 Å². The van der Waals surface area contributed by atoms with Crippen LogP contribution < -0.4 is 5.32 Å². The van der Waals surface area contributed by atoms with Crippen molar-refractivity contribution in [2.45, 2.75) is 33.1 Å². The van der Waals surface area contributed by atoms with E-state index in [2.05, 4.69) is 19.2 Å². The number of hydrogen-bond donors (Lipinski definition) is 1. The Kier molecular flexibility index (Phi) is 5.40. The van der Waals surface area contributed by atoms with E-state index in [1.165, 1.54) is 19.3 Å². The summed E-state index contributed by atoms with van der Waals surface area (Å²) in [5.41, 5.74) is 0. The zero-order valence-corrected chi connectivity index (χ0v) is 9.01. The summed E-state index contributed by atoms with van der Waals surface area (Å²) in [7, 11) is 0. The molecule has 0 heterocycles. The molecule has 1 aliphatic rings. The van der Waals surface area contributed by atoms with Gasteiger partial charge >= 0.3 is 0 Å². The van der Waals surface area contributed by atoms with Crippen LogP contribution >= 0.6 is 0 Å². The highest BCUT2D eigenvalue weighted by Gasteiger charge is 2.20. The molecule has 0 spiro atoms. The minimum atomic E-state index is 0.742. The van der Waals surface area contributed by atoms with E-state index in [0.29, 0.717) is 0 Å². The third-order valence-corrected chi connectivity index (χ3v) is 2.34. The van der Waals surface area contributed by atoms with Crippen molar-refractivity contribution < 1.29 is 4.74 Å². The van der Waals surface area contributed by atoms with Crippen LogP contribution in [0.15, 0.2) is 0 Å². The van der Waals surface area contributed by atoms with Crippen LogP contribution in [0.5, 0.6) is 0 Å². The monoisotopic (exact) mass is 185 g/mol. The molecular weight excluding hydrogens is 162 g/mol. The average Bonchev–Trinajstić information content (AvgIpc) is 2.86. The Balaban J connectivity index is 1.68. The molecule has 2 heteroatoms. The van der Waals surface area contributed by atoms with Gasteiger partial charge in [0.05, 0.1) is 6.61 Å². The van der Waals surface area contributed by atoms with Crippen molar-refractivity contribution in [3.8, 4) is 0 Å². The van der Waals surface area contributed by atoms with Gasteiger partial charge in [0.15, 0.2) is 0 Å². The molecule has 0 unspecified atom stereocenters. The molecule has 1 fully saturated rings. The number of ether oxygens (including phenoxy) is 1. The van der Waals surface area contributed by atoms with Gasteiger partial charge in [0.25, 0.3) is 0 Å². The molecule has 0 aromatic heterocycles. The van der Waals surface area contributed by atoms with E-state index in [4.69, 9.17) is 4.74 Å². The number of rotatable bonds is 8. The third-order valence-electron chi connectivity index (χ3n) is 2.34. The molecule has 1 N–H and O–H groups in total. The van der Waals surface area contributed by atoms with Crippen molar-refractivity contribution in [1.82, 2.24) is 5.32 Å².